The third-order valence-corrected chi connectivity index (χ3v) is 8.82. The molecule has 5 nitrogen and oxygen atoms in total. The van der Waals surface area contributed by atoms with Crippen molar-refractivity contribution in [2.45, 2.75) is 40.2 Å². The first-order chi connectivity index (χ1) is 14.6. The highest BCUT2D eigenvalue weighted by atomic mass is 32.2. The summed E-state index contributed by atoms with van der Waals surface area (Å²) in [5, 5.41) is -1.01. The van der Waals surface area contributed by atoms with Crippen LogP contribution >= 0.6 is 0 Å². The fourth-order valence-corrected chi connectivity index (χ4v) is 6.71. The van der Waals surface area contributed by atoms with Crippen LogP contribution in [0.3, 0.4) is 0 Å². The summed E-state index contributed by atoms with van der Waals surface area (Å²) in [4.78, 5) is -1.43. The Morgan fingerprint density at radius 3 is 2.06 bits per heavy atom. The van der Waals surface area contributed by atoms with E-state index in [1.54, 1.807) is 0 Å². The van der Waals surface area contributed by atoms with Crippen LogP contribution in [-0.2, 0) is 32.2 Å². The van der Waals surface area contributed by atoms with Crippen molar-refractivity contribution in [2.24, 2.45) is 5.92 Å². The Bertz CT molecular complexity index is 1200. The summed E-state index contributed by atoms with van der Waals surface area (Å²) in [6.07, 6.45) is -9.67. The molecule has 2 aromatic carbocycles. The van der Waals surface area contributed by atoms with Gasteiger partial charge in [0.15, 0.2) is 9.84 Å². The highest BCUT2D eigenvalue weighted by Crippen LogP contribution is 2.38. The zero-order valence-electron chi connectivity index (χ0n) is 16.1. The Morgan fingerprint density at radius 2 is 1.47 bits per heavy atom. The molecule has 176 valence electrons. The van der Waals surface area contributed by atoms with E-state index in [9.17, 15) is 43.2 Å². The Morgan fingerprint density at radius 1 is 0.844 bits per heavy atom. The maximum Gasteiger partial charge on any atom is 0.417 e. The summed E-state index contributed by atoms with van der Waals surface area (Å²) >= 11 is 0. The molecule has 1 aliphatic rings. The molecule has 1 fully saturated rings. The first-order valence-electron chi connectivity index (χ1n) is 9.19. The van der Waals surface area contributed by atoms with E-state index in [1.807, 2.05) is 0 Å². The molecule has 1 aliphatic carbocycles. The van der Waals surface area contributed by atoms with Gasteiger partial charge >= 0.3 is 12.4 Å². The summed E-state index contributed by atoms with van der Waals surface area (Å²) in [5.41, 5.74) is -2.43. The van der Waals surface area contributed by atoms with Crippen molar-refractivity contribution in [1.82, 2.24) is 4.72 Å². The van der Waals surface area contributed by atoms with E-state index in [-0.39, 0.29) is 19.4 Å². The minimum absolute atomic E-state index is 0.0397. The standard InChI is InChI=1S/C19H17F6NO4S2/c20-18(21,22)13-4-3-5-14(10-13)31(27,28)15-8-12(9-15)11-26-32(29,30)17-7-2-1-6-16(17)19(23,24)25/h1-7,10,12,15,26H,8-9,11H2. The maximum absolute atomic E-state index is 13.1. The molecule has 0 aromatic heterocycles. The molecule has 0 radical (unpaired) electrons. The van der Waals surface area contributed by atoms with Crippen molar-refractivity contribution < 1.29 is 43.2 Å². The zero-order valence-corrected chi connectivity index (χ0v) is 17.7. The number of sulfone groups is 1. The molecule has 0 amide bonds. The molecule has 0 bridgehead atoms. The van der Waals surface area contributed by atoms with Crippen LogP contribution in [0.5, 0.6) is 0 Å². The molecule has 1 saturated carbocycles. The molecule has 13 heteroatoms. The number of nitrogens with one attached hydrogen (secondary N) is 1. The van der Waals surface area contributed by atoms with E-state index < -0.39 is 64.3 Å². The molecular formula is C19H17F6NO4S2. The summed E-state index contributed by atoms with van der Waals surface area (Å²) in [5.74, 6) is -0.492. The van der Waals surface area contributed by atoms with Crippen LogP contribution in [0.15, 0.2) is 58.3 Å². The summed E-state index contributed by atoms with van der Waals surface area (Å²) in [6, 6.07) is 6.96. The smallest absolute Gasteiger partial charge is 0.223 e. The molecule has 1 N–H and O–H groups in total. The predicted molar refractivity (Wildman–Crippen MR) is 102 cm³/mol. The number of hydrogen-bond acceptors (Lipinski definition) is 4. The average molecular weight is 501 g/mol. The third kappa shape index (κ3) is 5.09. The molecule has 0 heterocycles. The SMILES string of the molecule is O=S(=O)(NCC1CC(S(=O)(=O)c2cccc(C(F)(F)F)c2)C1)c1ccccc1C(F)(F)F. The van der Waals surface area contributed by atoms with Gasteiger partial charge in [0.1, 0.15) is 0 Å². The van der Waals surface area contributed by atoms with E-state index in [2.05, 4.69) is 4.72 Å². The van der Waals surface area contributed by atoms with E-state index >= 15 is 0 Å². The molecular weight excluding hydrogens is 484 g/mol. The predicted octanol–water partition coefficient (Wildman–Crippen LogP) is 4.26. The number of alkyl halides is 6. The van der Waals surface area contributed by atoms with Crippen molar-refractivity contribution in [3.63, 3.8) is 0 Å². The lowest BCUT2D eigenvalue weighted by Gasteiger charge is -2.35. The summed E-state index contributed by atoms with van der Waals surface area (Å²) in [6.45, 7) is -0.302. The van der Waals surface area contributed by atoms with Gasteiger partial charge in [-0.05, 0) is 49.1 Å². The van der Waals surface area contributed by atoms with Crippen LogP contribution in [-0.4, -0.2) is 28.6 Å². The lowest BCUT2D eigenvalue weighted by molar-refractivity contribution is -0.140. The third-order valence-electron chi connectivity index (χ3n) is 5.17. The topological polar surface area (TPSA) is 80.3 Å². The normalized spacial score (nSPS) is 20.1. The van der Waals surface area contributed by atoms with E-state index in [1.165, 1.54) is 0 Å². The molecule has 0 saturated heterocycles. The highest BCUT2D eigenvalue weighted by Gasteiger charge is 2.42. The fourth-order valence-electron chi connectivity index (χ4n) is 3.38. The molecule has 32 heavy (non-hydrogen) atoms. The van der Waals surface area contributed by atoms with Gasteiger partial charge in [-0.1, -0.05) is 18.2 Å². The number of hydrogen-bond donors (Lipinski definition) is 1. The van der Waals surface area contributed by atoms with Gasteiger partial charge in [-0.25, -0.2) is 21.6 Å². The van der Waals surface area contributed by atoms with E-state index in [0.717, 1.165) is 36.4 Å². The van der Waals surface area contributed by atoms with Gasteiger partial charge in [0.2, 0.25) is 10.0 Å². The van der Waals surface area contributed by atoms with Crippen LogP contribution in [0, 0.1) is 5.92 Å². The number of benzene rings is 2. The van der Waals surface area contributed by atoms with Crippen molar-refractivity contribution in [3.8, 4) is 0 Å². The molecule has 0 atom stereocenters. The van der Waals surface area contributed by atoms with E-state index in [4.69, 9.17) is 0 Å². The number of rotatable bonds is 6. The molecule has 0 aliphatic heterocycles. The van der Waals surface area contributed by atoms with Crippen molar-refractivity contribution in [3.05, 3.63) is 59.7 Å². The van der Waals surface area contributed by atoms with Gasteiger partial charge in [0, 0.05) is 6.54 Å². The monoisotopic (exact) mass is 501 g/mol. The maximum atomic E-state index is 13.1. The van der Waals surface area contributed by atoms with Crippen LogP contribution in [0.1, 0.15) is 24.0 Å². The first kappa shape index (κ1) is 24.5. The van der Waals surface area contributed by atoms with Gasteiger partial charge in [0.25, 0.3) is 0 Å². The zero-order chi connectivity index (χ0) is 23.9. The Balaban J connectivity index is 1.66. The molecule has 2 aromatic rings. The second-order valence-electron chi connectivity index (χ2n) is 7.38. The van der Waals surface area contributed by atoms with Crippen molar-refractivity contribution >= 4 is 19.9 Å². The van der Waals surface area contributed by atoms with Crippen LogP contribution < -0.4 is 4.72 Å². The largest absolute Gasteiger partial charge is 0.417 e. The lowest BCUT2D eigenvalue weighted by Crippen LogP contribution is -2.42. The minimum atomic E-state index is -4.88. The van der Waals surface area contributed by atoms with Crippen molar-refractivity contribution in [2.75, 3.05) is 6.54 Å². The van der Waals surface area contributed by atoms with Gasteiger partial charge in [-0.2, -0.15) is 26.3 Å². The summed E-state index contributed by atoms with van der Waals surface area (Å²) < 4.78 is 130. The fraction of sp³-hybridized carbons (Fsp3) is 0.368. The molecule has 0 unspecified atom stereocenters. The quantitative estimate of drug-likeness (QED) is 0.600. The van der Waals surface area contributed by atoms with Crippen LogP contribution in [0.25, 0.3) is 0 Å². The van der Waals surface area contributed by atoms with Gasteiger partial charge in [-0.3, -0.25) is 0 Å². The van der Waals surface area contributed by atoms with Gasteiger partial charge < -0.3 is 0 Å². The molecule has 3 rings (SSSR count). The Labute approximate surface area is 180 Å². The van der Waals surface area contributed by atoms with Gasteiger partial charge in [0.05, 0.1) is 26.2 Å². The second kappa shape index (κ2) is 8.34. The van der Waals surface area contributed by atoms with Gasteiger partial charge in [-0.15, -0.1) is 0 Å². The van der Waals surface area contributed by atoms with Crippen molar-refractivity contribution in [1.29, 1.82) is 0 Å². The highest BCUT2D eigenvalue weighted by molar-refractivity contribution is 7.92. The minimum Gasteiger partial charge on any atom is -0.223 e. The number of halogens is 6. The second-order valence-corrected chi connectivity index (χ2v) is 11.3. The lowest BCUT2D eigenvalue weighted by atomic mass is 9.85. The number of sulfonamides is 1. The summed E-state index contributed by atoms with van der Waals surface area (Å²) in [7, 11) is -8.59. The molecule has 0 spiro atoms. The van der Waals surface area contributed by atoms with Crippen LogP contribution in [0.2, 0.25) is 0 Å². The van der Waals surface area contributed by atoms with Crippen LogP contribution in [0.4, 0.5) is 26.3 Å². The average Bonchev–Trinajstić information content (AvgIpc) is 2.65. The van der Waals surface area contributed by atoms with E-state index in [0.29, 0.717) is 12.1 Å². The Kier molecular flexibility index (Phi) is 6.39. The first-order valence-corrected chi connectivity index (χ1v) is 12.2. The Hall–Kier alpha value is -2.12.